The molecule has 4 heteroatoms. The predicted octanol–water partition coefficient (Wildman–Crippen LogP) is 4.29. The van der Waals surface area contributed by atoms with Gasteiger partial charge >= 0.3 is 0 Å². The third kappa shape index (κ3) is 2.68. The van der Waals surface area contributed by atoms with Crippen LogP contribution >= 0.6 is 0 Å². The minimum absolute atomic E-state index is 0.161. The van der Waals surface area contributed by atoms with Crippen molar-refractivity contribution in [1.29, 1.82) is 0 Å². The van der Waals surface area contributed by atoms with E-state index in [1.807, 2.05) is 37.3 Å². The van der Waals surface area contributed by atoms with E-state index in [1.54, 1.807) is 0 Å². The molecule has 4 saturated heterocycles. The fourth-order valence-electron chi connectivity index (χ4n) is 5.75. The minimum Gasteiger partial charge on any atom is -0.333 e. The second kappa shape index (κ2) is 6.32. The lowest BCUT2D eigenvalue weighted by atomic mass is 9.57. The van der Waals surface area contributed by atoms with Crippen LogP contribution < -0.4 is 0 Å². The smallest absolute Gasteiger partial charge is 0.201 e. The molecule has 5 fully saturated rings. The van der Waals surface area contributed by atoms with Crippen LogP contribution in [-0.4, -0.2) is 23.8 Å². The Morgan fingerprint density at radius 1 is 1.00 bits per heavy atom. The van der Waals surface area contributed by atoms with Crippen molar-refractivity contribution in [2.24, 2.45) is 23.7 Å². The summed E-state index contributed by atoms with van der Waals surface area (Å²) in [6, 6.07) is 10.1. The van der Waals surface area contributed by atoms with E-state index in [0.29, 0.717) is 17.8 Å². The third-order valence-electron chi connectivity index (χ3n) is 7.29. The molecule has 6 rings (SSSR count). The Labute approximate surface area is 161 Å². The zero-order valence-electron chi connectivity index (χ0n) is 16.3. The van der Waals surface area contributed by atoms with Crippen LogP contribution in [0.5, 0.6) is 0 Å². The van der Waals surface area contributed by atoms with Gasteiger partial charge in [0.05, 0.1) is 0 Å². The van der Waals surface area contributed by atoms with Crippen molar-refractivity contribution < 1.29 is 19.2 Å². The van der Waals surface area contributed by atoms with E-state index in [9.17, 15) is 0 Å². The van der Waals surface area contributed by atoms with Gasteiger partial charge in [0.1, 0.15) is 6.10 Å². The maximum atomic E-state index is 6.48. The van der Waals surface area contributed by atoms with E-state index in [0.717, 1.165) is 24.8 Å². The lowest BCUT2D eigenvalue weighted by molar-refractivity contribution is -0.569. The van der Waals surface area contributed by atoms with Gasteiger partial charge in [-0.1, -0.05) is 43.9 Å². The standard InChI is InChI=1S/C23H28O4/c1-15-9-11-19-16(2)20(12-10-17-7-5-4-6-8-17)24-21-23(19)18(15)13-14-22(3,25-21)26-27-23/h4-8,15-16,18-21H,9,11,13-14H2,1-3H3/t15-,16-,18+,19+,20-,21-,22?,23-/m1/s1. The van der Waals surface area contributed by atoms with Crippen LogP contribution in [0.3, 0.4) is 0 Å². The van der Waals surface area contributed by atoms with Crippen LogP contribution in [0.25, 0.3) is 0 Å². The Morgan fingerprint density at radius 2 is 1.81 bits per heavy atom. The van der Waals surface area contributed by atoms with Gasteiger partial charge in [-0.3, -0.25) is 0 Å². The lowest BCUT2D eigenvalue weighted by Crippen LogP contribution is -2.70. The number of ether oxygens (including phenoxy) is 2. The Hall–Kier alpha value is -1.38. The Balaban J connectivity index is 1.51. The third-order valence-corrected chi connectivity index (χ3v) is 7.29. The molecule has 0 amide bonds. The molecule has 5 aliphatic rings. The fraction of sp³-hybridized carbons (Fsp3) is 0.652. The van der Waals surface area contributed by atoms with Gasteiger partial charge in [-0.25, -0.2) is 9.78 Å². The molecule has 1 aromatic rings. The highest BCUT2D eigenvalue weighted by Gasteiger charge is 2.69. The number of fused-ring (bicyclic) bond motifs is 2. The van der Waals surface area contributed by atoms with Crippen LogP contribution in [0.1, 0.15) is 52.0 Å². The largest absolute Gasteiger partial charge is 0.333 e. The zero-order valence-corrected chi connectivity index (χ0v) is 16.3. The molecule has 1 saturated carbocycles. The molecule has 27 heavy (non-hydrogen) atoms. The van der Waals surface area contributed by atoms with E-state index in [4.69, 9.17) is 19.2 Å². The van der Waals surface area contributed by atoms with Crippen molar-refractivity contribution >= 4 is 0 Å². The first-order valence-corrected chi connectivity index (χ1v) is 10.3. The van der Waals surface area contributed by atoms with E-state index < -0.39 is 17.7 Å². The molecular formula is C23H28O4. The molecule has 4 nitrogen and oxygen atoms in total. The van der Waals surface area contributed by atoms with Crippen LogP contribution in [0.15, 0.2) is 30.3 Å². The summed E-state index contributed by atoms with van der Waals surface area (Å²) in [6.45, 7) is 6.54. The molecule has 0 radical (unpaired) electrons. The molecule has 0 N–H and O–H groups in total. The summed E-state index contributed by atoms with van der Waals surface area (Å²) in [7, 11) is 0. The van der Waals surface area contributed by atoms with Crippen LogP contribution in [0.4, 0.5) is 0 Å². The first-order valence-electron chi connectivity index (χ1n) is 10.3. The van der Waals surface area contributed by atoms with Crippen LogP contribution in [-0.2, 0) is 19.2 Å². The Morgan fingerprint density at radius 3 is 2.63 bits per heavy atom. The van der Waals surface area contributed by atoms with E-state index in [-0.39, 0.29) is 12.0 Å². The topological polar surface area (TPSA) is 36.9 Å². The average molecular weight is 368 g/mol. The van der Waals surface area contributed by atoms with E-state index >= 15 is 0 Å². The highest BCUT2D eigenvalue weighted by molar-refractivity contribution is 5.35. The number of benzene rings is 1. The van der Waals surface area contributed by atoms with Gasteiger partial charge in [-0.05, 0) is 56.1 Å². The van der Waals surface area contributed by atoms with Crippen molar-refractivity contribution in [3.05, 3.63) is 35.9 Å². The maximum absolute atomic E-state index is 6.48. The quantitative estimate of drug-likeness (QED) is 0.506. The van der Waals surface area contributed by atoms with Gasteiger partial charge in [0.25, 0.3) is 0 Å². The van der Waals surface area contributed by atoms with Gasteiger partial charge < -0.3 is 9.47 Å². The summed E-state index contributed by atoms with van der Waals surface area (Å²) < 4.78 is 12.8. The van der Waals surface area contributed by atoms with Crippen molar-refractivity contribution in [3.8, 4) is 11.8 Å². The second-order valence-corrected chi connectivity index (χ2v) is 8.96. The zero-order chi connectivity index (χ0) is 18.6. The van der Waals surface area contributed by atoms with Crippen molar-refractivity contribution in [2.45, 2.75) is 70.2 Å². The van der Waals surface area contributed by atoms with E-state index in [1.165, 1.54) is 6.42 Å². The summed E-state index contributed by atoms with van der Waals surface area (Å²) in [4.78, 5) is 12.0. The van der Waals surface area contributed by atoms with Gasteiger partial charge in [-0.2, -0.15) is 0 Å². The fourth-order valence-corrected chi connectivity index (χ4v) is 5.75. The molecule has 2 bridgehead atoms. The van der Waals surface area contributed by atoms with Crippen molar-refractivity contribution in [2.75, 3.05) is 0 Å². The normalized spacial score (nSPS) is 48.1. The lowest BCUT2D eigenvalue weighted by Gasteiger charge is -2.59. The molecule has 1 aliphatic carbocycles. The van der Waals surface area contributed by atoms with Crippen LogP contribution in [0.2, 0.25) is 0 Å². The summed E-state index contributed by atoms with van der Waals surface area (Å²) >= 11 is 0. The molecule has 1 unspecified atom stereocenters. The Bertz CT molecular complexity index is 768. The van der Waals surface area contributed by atoms with E-state index in [2.05, 4.69) is 25.7 Å². The number of rotatable bonds is 0. The van der Waals surface area contributed by atoms with Crippen molar-refractivity contribution in [3.63, 3.8) is 0 Å². The minimum atomic E-state index is -0.727. The van der Waals surface area contributed by atoms with Gasteiger partial charge in [0.2, 0.25) is 5.79 Å². The summed E-state index contributed by atoms with van der Waals surface area (Å²) in [5.74, 6) is 7.51. The van der Waals surface area contributed by atoms with Gasteiger partial charge in [0.15, 0.2) is 11.9 Å². The highest BCUT2D eigenvalue weighted by atomic mass is 17.3. The highest BCUT2D eigenvalue weighted by Crippen LogP contribution is 2.60. The molecule has 1 aromatic carbocycles. The first kappa shape index (κ1) is 17.7. The molecule has 1 spiro atoms. The molecule has 0 aromatic heterocycles. The van der Waals surface area contributed by atoms with Gasteiger partial charge in [0, 0.05) is 17.9 Å². The molecule has 4 aliphatic heterocycles. The average Bonchev–Trinajstić information content (AvgIpc) is 2.90. The summed E-state index contributed by atoms with van der Waals surface area (Å²) in [5.41, 5.74) is 0.511. The maximum Gasteiger partial charge on any atom is 0.201 e. The second-order valence-electron chi connectivity index (χ2n) is 8.96. The summed E-state index contributed by atoms with van der Waals surface area (Å²) in [5, 5.41) is 0. The van der Waals surface area contributed by atoms with Crippen molar-refractivity contribution in [1.82, 2.24) is 0 Å². The first-order chi connectivity index (χ1) is 13.0. The molecule has 4 heterocycles. The number of hydrogen-bond donors (Lipinski definition) is 0. The number of hydrogen-bond acceptors (Lipinski definition) is 4. The molecule has 144 valence electrons. The monoisotopic (exact) mass is 368 g/mol. The van der Waals surface area contributed by atoms with Gasteiger partial charge in [-0.15, -0.1) is 0 Å². The molecular weight excluding hydrogens is 340 g/mol. The van der Waals surface area contributed by atoms with Crippen LogP contribution in [0, 0.1) is 35.5 Å². The SMILES string of the molecule is C[C@H]1[C@@H](C#Cc2ccccc2)O[C@@H]2OC3(C)CC[C@H]4[C@H](C)CC[C@@H]1[C@@]24OO3. The summed E-state index contributed by atoms with van der Waals surface area (Å²) in [6.07, 6.45) is 3.64. The predicted molar refractivity (Wildman–Crippen MR) is 100 cm³/mol. The molecule has 8 atom stereocenters. The Kier molecular flexibility index (Phi) is 4.14.